The second-order valence-electron chi connectivity index (χ2n) is 4.00. The zero-order valence-electron chi connectivity index (χ0n) is 9.58. The van der Waals surface area contributed by atoms with Crippen LogP contribution in [0.1, 0.15) is 0 Å². The summed E-state index contributed by atoms with van der Waals surface area (Å²) in [4.78, 5) is 3.15. The summed E-state index contributed by atoms with van der Waals surface area (Å²) in [7, 11) is 0. The van der Waals surface area contributed by atoms with Crippen molar-refractivity contribution in [1.29, 1.82) is 0 Å². The summed E-state index contributed by atoms with van der Waals surface area (Å²) in [5.74, 6) is 1.25. The first-order chi connectivity index (χ1) is 9.15. The van der Waals surface area contributed by atoms with E-state index in [1.54, 1.807) is 24.4 Å². The molecule has 3 rings (SSSR count). The number of hydrogen-bond acceptors (Lipinski definition) is 1. The fourth-order valence-electron chi connectivity index (χ4n) is 1.83. The largest absolute Gasteiger partial charge is 0.453 e. The fraction of sp³-hybridized carbons (Fsp3) is 0. The van der Waals surface area contributed by atoms with Crippen LogP contribution in [-0.4, -0.2) is 4.98 Å². The summed E-state index contributed by atoms with van der Waals surface area (Å²) < 4.78 is 6.82. The molecule has 0 aliphatic carbocycles. The summed E-state index contributed by atoms with van der Waals surface area (Å²) in [6.07, 6.45) is 1.80. The summed E-state index contributed by atoms with van der Waals surface area (Å²) in [5.41, 5.74) is 0.997. The van der Waals surface area contributed by atoms with Crippen LogP contribution in [0.4, 0.5) is 0 Å². The topological polar surface area (TPSA) is 25.0 Å². The van der Waals surface area contributed by atoms with Crippen LogP contribution in [0.5, 0.6) is 11.5 Å². The Labute approximate surface area is 128 Å². The molecule has 0 saturated carbocycles. The van der Waals surface area contributed by atoms with Crippen LogP contribution in [0.3, 0.4) is 0 Å². The summed E-state index contributed by atoms with van der Waals surface area (Å²) in [6, 6.07) is 11.2. The molecule has 2 aromatic carbocycles. The van der Waals surface area contributed by atoms with E-state index in [0.717, 1.165) is 15.4 Å². The quantitative estimate of drug-likeness (QED) is 0.595. The van der Waals surface area contributed by atoms with Gasteiger partial charge in [-0.25, -0.2) is 0 Å². The van der Waals surface area contributed by atoms with Gasteiger partial charge in [0.15, 0.2) is 5.75 Å². The standard InChI is InChI=1S/C14H8BrCl2NO/c15-8-4-5-11-9(6-8)13(7-18-11)19-12-3-1-2-10(16)14(12)17/h1-7,18H. The Balaban J connectivity index is 2.06. The van der Waals surface area contributed by atoms with Gasteiger partial charge >= 0.3 is 0 Å². The number of benzene rings is 2. The second kappa shape index (κ2) is 5.08. The number of nitrogens with one attached hydrogen (secondary N) is 1. The molecule has 0 spiro atoms. The van der Waals surface area contributed by atoms with Crippen LogP contribution >= 0.6 is 39.1 Å². The SMILES string of the molecule is Clc1cccc(Oc2c[nH]c3ccc(Br)cc23)c1Cl. The van der Waals surface area contributed by atoms with Gasteiger partial charge in [0.2, 0.25) is 0 Å². The number of ether oxygens (including phenoxy) is 1. The lowest BCUT2D eigenvalue weighted by Gasteiger charge is -2.07. The normalized spacial score (nSPS) is 10.9. The highest BCUT2D eigenvalue weighted by atomic mass is 79.9. The Kier molecular flexibility index (Phi) is 3.44. The molecule has 2 nitrogen and oxygen atoms in total. The molecule has 0 aliphatic heterocycles. The van der Waals surface area contributed by atoms with Gasteiger partial charge < -0.3 is 9.72 Å². The minimum Gasteiger partial charge on any atom is -0.453 e. The van der Waals surface area contributed by atoms with Crippen molar-refractivity contribution in [1.82, 2.24) is 4.98 Å². The third-order valence-electron chi connectivity index (χ3n) is 2.74. The summed E-state index contributed by atoms with van der Waals surface area (Å²) in [6.45, 7) is 0. The van der Waals surface area contributed by atoms with Gasteiger partial charge in [0.25, 0.3) is 0 Å². The molecule has 0 aliphatic rings. The molecule has 0 amide bonds. The molecule has 0 unspecified atom stereocenters. The van der Waals surface area contributed by atoms with Gasteiger partial charge in [-0.1, -0.05) is 45.2 Å². The average Bonchev–Trinajstić information content (AvgIpc) is 2.78. The molecule has 1 aromatic heterocycles. The highest BCUT2D eigenvalue weighted by Gasteiger charge is 2.10. The molecule has 0 atom stereocenters. The third kappa shape index (κ3) is 2.46. The van der Waals surface area contributed by atoms with Crippen LogP contribution in [0, 0.1) is 0 Å². The minimum atomic E-state index is 0.411. The van der Waals surface area contributed by atoms with Gasteiger partial charge in [-0.3, -0.25) is 0 Å². The van der Waals surface area contributed by atoms with Crippen molar-refractivity contribution in [3.05, 3.63) is 57.1 Å². The van der Waals surface area contributed by atoms with Gasteiger partial charge in [0.05, 0.1) is 5.02 Å². The predicted molar refractivity (Wildman–Crippen MR) is 82.5 cm³/mol. The van der Waals surface area contributed by atoms with Gasteiger partial charge in [-0.2, -0.15) is 0 Å². The second-order valence-corrected chi connectivity index (χ2v) is 5.70. The minimum absolute atomic E-state index is 0.411. The number of fused-ring (bicyclic) bond motifs is 1. The Morgan fingerprint density at radius 1 is 1.05 bits per heavy atom. The molecule has 96 valence electrons. The smallest absolute Gasteiger partial charge is 0.152 e. The molecular formula is C14H8BrCl2NO. The van der Waals surface area contributed by atoms with Crippen molar-refractivity contribution in [2.75, 3.05) is 0 Å². The first kappa shape index (κ1) is 12.9. The van der Waals surface area contributed by atoms with Crippen LogP contribution in [0.15, 0.2) is 47.1 Å². The van der Waals surface area contributed by atoms with Gasteiger partial charge in [0.1, 0.15) is 10.8 Å². The van der Waals surface area contributed by atoms with Crippen LogP contribution < -0.4 is 4.74 Å². The molecule has 0 radical (unpaired) electrons. The Morgan fingerprint density at radius 3 is 2.74 bits per heavy atom. The number of aromatic nitrogens is 1. The zero-order chi connectivity index (χ0) is 13.4. The van der Waals surface area contributed by atoms with Crippen molar-refractivity contribution >= 4 is 50.0 Å². The molecule has 0 fully saturated rings. The van der Waals surface area contributed by atoms with Gasteiger partial charge in [0, 0.05) is 21.6 Å². The van der Waals surface area contributed by atoms with E-state index < -0.39 is 0 Å². The van der Waals surface area contributed by atoms with E-state index in [1.165, 1.54) is 0 Å². The highest BCUT2D eigenvalue weighted by molar-refractivity contribution is 9.10. The van der Waals surface area contributed by atoms with Crippen molar-refractivity contribution in [2.45, 2.75) is 0 Å². The van der Waals surface area contributed by atoms with Crippen molar-refractivity contribution in [3.8, 4) is 11.5 Å². The molecule has 0 saturated heterocycles. The number of H-pyrrole nitrogens is 1. The molecule has 0 bridgehead atoms. The van der Waals surface area contributed by atoms with E-state index in [-0.39, 0.29) is 0 Å². The predicted octanol–water partition coefficient (Wildman–Crippen LogP) is 6.03. The van der Waals surface area contributed by atoms with E-state index in [4.69, 9.17) is 27.9 Å². The lowest BCUT2D eigenvalue weighted by atomic mass is 10.2. The molecule has 3 aromatic rings. The molecule has 1 heterocycles. The lowest BCUT2D eigenvalue weighted by Crippen LogP contribution is -1.84. The zero-order valence-corrected chi connectivity index (χ0v) is 12.7. The van der Waals surface area contributed by atoms with Crippen LogP contribution in [0.2, 0.25) is 10.0 Å². The summed E-state index contributed by atoms with van der Waals surface area (Å²) in [5, 5.41) is 1.86. The van der Waals surface area contributed by atoms with E-state index in [2.05, 4.69) is 20.9 Å². The van der Waals surface area contributed by atoms with Crippen LogP contribution in [0.25, 0.3) is 10.9 Å². The average molecular weight is 357 g/mol. The highest BCUT2D eigenvalue weighted by Crippen LogP contribution is 2.37. The van der Waals surface area contributed by atoms with Gasteiger partial charge in [-0.05, 0) is 30.3 Å². The summed E-state index contributed by atoms with van der Waals surface area (Å²) >= 11 is 15.5. The number of aromatic amines is 1. The van der Waals surface area contributed by atoms with E-state index >= 15 is 0 Å². The molecule has 5 heteroatoms. The maximum Gasteiger partial charge on any atom is 0.152 e. The first-order valence-electron chi connectivity index (χ1n) is 5.53. The maximum absolute atomic E-state index is 6.12. The van der Waals surface area contributed by atoms with Crippen molar-refractivity contribution in [3.63, 3.8) is 0 Å². The number of hydrogen-bond donors (Lipinski definition) is 1. The maximum atomic E-state index is 6.12. The van der Waals surface area contributed by atoms with Crippen molar-refractivity contribution < 1.29 is 4.74 Å². The van der Waals surface area contributed by atoms with Crippen molar-refractivity contribution in [2.24, 2.45) is 0 Å². The van der Waals surface area contributed by atoms with E-state index in [0.29, 0.717) is 21.5 Å². The monoisotopic (exact) mass is 355 g/mol. The number of halogens is 3. The van der Waals surface area contributed by atoms with Gasteiger partial charge in [-0.15, -0.1) is 0 Å². The first-order valence-corrected chi connectivity index (χ1v) is 7.08. The molecule has 1 N–H and O–H groups in total. The fourth-order valence-corrected chi connectivity index (χ4v) is 2.52. The number of rotatable bonds is 2. The van der Waals surface area contributed by atoms with E-state index in [1.807, 2.05) is 18.2 Å². The Bertz CT molecular complexity index is 754. The lowest BCUT2D eigenvalue weighted by molar-refractivity contribution is 0.488. The molecular weight excluding hydrogens is 349 g/mol. The third-order valence-corrected chi connectivity index (χ3v) is 4.04. The van der Waals surface area contributed by atoms with Crippen LogP contribution in [-0.2, 0) is 0 Å². The van der Waals surface area contributed by atoms with E-state index in [9.17, 15) is 0 Å². The Morgan fingerprint density at radius 2 is 1.89 bits per heavy atom. The Hall–Kier alpha value is -1.16. The molecule has 19 heavy (non-hydrogen) atoms.